The van der Waals surface area contributed by atoms with Crippen molar-refractivity contribution < 1.29 is 10.2 Å². The van der Waals surface area contributed by atoms with Crippen molar-refractivity contribution in [2.24, 2.45) is 14.1 Å². The Balaban J connectivity index is 2.31. The van der Waals surface area contributed by atoms with Crippen molar-refractivity contribution in [2.45, 2.75) is 25.5 Å². The van der Waals surface area contributed by atoms with E-state index in [9.17, 15) is 14.7 Å². The van der Waals surface area contributed by atoms with E-state index in [1.54, 1.807) is 11.6 Å². The molecule has 2 aromatic rings. The van der Waals surface area contributed by atoms with Crippen LogP contribution in [0.5, 0.6) is 0 Å². The van der Waals surface area contributed by atoms with Crippen LogP contribution in [0.1, 0.15) is 12.8 Å². The van der Waals surface area contributed by atoms with Gasteiger partial charge in [0.2, 0.25) is 5.95 Å². The number of rotatable bonds is 4. The van der Waals surface area contributed by atoms with E-state index in [0.29, 0.717) is 11.6 Å². The number of imidazole rings is 1. The highest BCUT2D eigenvalue weighted by Crippen LogP contribution is 2.23. The molecule has 0 radical (unpaired) electrons. The minimum absolute atomic E-state index is 0.0479. The molecule has 2 N–H and O–H groups in total. The number of hydrogen-bond donors (Lipinski definition) is 2. The highest BCUT2D eigenvalue weighted by Gasteiger charge is 2.25. The van der Waals surface area contributed by atoms with Crippen molar-refractivity contribution >= 4 is 17.1 Å². The SMILES string of the molecule is Cn1c(=O)c2c(nc(N3CCCC3)n2C[C@@H](O)CO)n(C)c1=O. The number of anilines is 1. The summed E-state index contributed by atoms with van der Waals surface area (Å²) in [5.41, 5.74) is -0.330. The van der Waals surface area contributed by atoms with Gasteiger partial charge >= 0.3 is 5.69 Å². The lowest BCUT2D eigenvalue weighted by atomic mass is 10.3. The molecule has 2 aromatic heterocycles. The third kappa shape index (κ3) is 2.45. The molecule has 1 saturated heterocycles. The molecule has 0 unspecified atom stereocenters. The van der Waals surface area contributed by atoms with Gasteiger partial charge in [-0.15, -0.1) is 0 Å². The first-order valence-corrected chi connectivity index (χ1v) is 7.65. The van der Waals surface area contributed by atoms with E-state index < -0.39 is 24.0 Å². The Morgan fingerprint density at radius 1 is 1.17 bits per heavy atom. The van der Waals surface area contributed by atoms with Gasteiger partial charge in [-0.25, -0.2) is 4.79 Å². The maximum atomic E-state index is 12.5. The Kier molecular flexibility index (Phi) is 3.99. The lowest BCUT2D eigenvalue weighted by Crippen LogP contribution is -2.38. The van der Waals surface area contributed by atoms with E-state index >= 15 is 0 Å². The van der Waals surface area contributed by atoms with Crippen molar-refractivity contribution in [3.63, 3.8) is 0 Å². The summed E-state index contributed by atoms with van der Waals surface area (Å²) in [6.07, 6.45) is 1.06. The van der Waals surface area contributed by atoms with Gasteiger partial charge in [0.05, 0.1) is 19.3 Å². The summed E-state index contributed by atoms with van der Waals surface area (Å²) in [4.78, 5) is 31.2. The van der Waals surface area contributed by atoms with Crippen LogP contribution in [0.3, 0.4) is 0 Å². The fourth-order valence-electron chi connectivity index (χ4n) is 3.03. The zero-order valence-electron chi connectivity index (χ0n) is 13.3. The number of aryl methyl sites for hydroxylation is 1. The average Bonchev–Trinajstić information content (AvgIpc) is 3.18. The van der Waals surface area contributed by atoms with Crippen molar-refractivity contribution in [1.82, 2.24) is 18.7 Å². The Morgan fingerprint density at radius 3 is 2.43 bits per heavy atom. The molecule has 9 heteroatoms. The van der Waals surface area contributed by atoms with E-state index in [4.69, 9.17) is 5.11 Å². The first kappa shape index (κ1) is 15.8. The van der Waals surface area contributed by atoms with Crippen molar-refractivity contribution in [3.05, 3.63) is 20.8 Å². The molecule has 0 aromatic carbocycles. The minimum atomic E-state index is -1.00. The second-order valence-corrected chi connectivity index (χ2v) is 5.93. The first-order chi connectivity index (χ1) is 11.0. The Morgan fingerprint density at radius 2 is 1.83 bits per heavy atom. The predicted molar refractivity (Wildman–Crippen MR) is 84.8 cm³/mol. The second-order valence-electron chi connectivity index (χ2n) is 5.93. The van der Waals surface area contributed by atoms with Crippen LogP contribution in [-0.4, -0.2) is 54.7 Å². The molecular formula is C14H21N5O4. The highest BCUT2D eigenvalue weighted by atomic mass is 16.3. The maximum Gasteiger partial charge on any atom is 0.332 e. The molecule has 1 fully saturated rings. The zero-order chi connectivity index (χ0) is 16.7. The fraction of sp³-hybridized carbons (Fsp3) is 0.643. The van der Waals surface area contributed by atoms with E-state index in [2.05, 4.69) is 4.98 Å². The monoisotopic (exact) mass is 323 g/mol. The van der Waals surface area contributed by atoms with E-state index in [1.807, 2.05) is 4.90 Å². The highest BCUT2D eigenvalue weighted by molar-refractivity contribution is 5.74. The molecule has 0 aliphatic carbocycles. The molecule has 1 atom stereocenters. The van der Waals surface area contributed by atoms with E-state index in [1.165, 1.54) is 11.6 Å². The number of aromatic nitrogens is 4. The van der Waals surface area contributed by atoms with Crippen LogP contribution in [0.4, 0.5) is 5.95 Å². The van der Waals surface area contributed by atoms with Crippen LogP contribution in [0, 0.1) is 0 Å². The van der Waals surface area contributed by atoms with Crippen molar-refractivity contribution in [1.29, 1.82) is 0 Å². The summed E-state index contributed by atoms with van der Waals surface area (Å²) in [6.45, 7) is 1.26. The number of nitrogens with zero attached hydrogens (tertiary/aromatic N) is 5. The van der Waals surface area contributed by atoms with Gasteiger partial charge in [0.1, 0.15) is 0 Å². The smallest absolute Gasteiger partial charge is 0.332 e. The summed E-state index contributed by atoms with van der Waals surface area (Å²) in [5, 5.41) is 19.0. The Labute approximate surface area is 132 Å². The molecule has 1 aliphatic heterocycles. The van der Waals surface area contributed by atoms with Gasteiger partial charge in [-0.05, 0) is 12.8 Å². The first-order valence-electron chi connectivity index (χ1n) is 7.65. The van der Waals surface area contributed by atoms with Crippen LogP contribution in [0.15, 0.2) is 9.59 Å². The second kappa shape index (κ2) is 5.82. The Bertz CT molecular complexity index is 843. The molecule has 126 valence electrons. The molecule has 9 nitrogen and oxygen atoms in total. The normalized spacial score (nSPS) is 16.4. The van der Waals surface area contributed by atoms with Crippen LogP contribution < -0.4 is 16.1 Å². The molecule has 0 spiro atoms. The van der Waals surface area contributed by atoms with Crippen LogP contribution in [-0.2, 0) is 20.6 Å². The van der Waals surface area contributed by atoms with Gasteiger partial charge in [-0.3, -0.25) is 13.9 Å². The molecule has 0 amide bonds. The van der Waals surface area contributed by atoms with Gasteiger partial charge in [0, 0.05) is 27.2 Å². The topological polar surface area (TPSA) is 106 Å². The van der Waals surface area contributed by atoms with Gasteiger partial charge < -0.3 is 19.7 Å². The molecule has 0 saturated carbocycles. The third-order valence-corrected chi connectivity index (χ3v) is 4.32. The van der Waals surface area contributed by atoms with Crippen molar-refractivity contribution in [2.75, 3.05) is 24.6 Å². The molecule has 1 aliphatic rings. The quantitative estimate of drug-likeness (QED) is 0.701. The molecule has 3 heterocycles. The van der Waals surface area contributed by atoms with Crippen LogP contribution in [0.25, 0.3) is 11.2 Å². The summed E-state index contributed by atoms with van der Waals surface area (Å²) >= 11 is 0. The number of fused-ring (bicyclic) bond motifs is 1. The molecular weight excluding hydrogens is 302 g/mol. The van der Waals surface area contributed by atoms with Crippen LogP contribution >= 0.6 is 0 Å². The third-order valence-electron chi connectivity index (χ3n) is 4.32. The van der Waals surface area contributed by atoms with Gasteiger partial charge in [-0.1, -0.05) is 0 Å². The van der Waals surface area contributed by atoms with E-state index in [-0.39, 0.29) is 12.1 Å². The zero-order valence-corrected chi connectivity index (χ0v) is 13.3. The summed E-state index contributed by atoms with van der Waals surface area (Å²) < 4.78 is 3.97. The van der Waals surface area contributed by atoms with E-state index in [0.717, 1.165) is 30.5 Å². The van der Waals surface area contributed by atoms with Crippen LogP contribution in [0.2, 0.25) is 0 Å². The maximum absolute atomic E-state index is 12.5. The summed E-state index contributed by atoms with van der Waals surface area (Å²) in [5.74, 6) is 0.559. The lowest BCUT2D eigenvalue weighted by molar-refractivity contribution is 0.0823. The number of aliphatic hydroxyl groups is 2. The molecule has 3 rings (SSSR count). The average molecular weight is 323 g/mol. The van der Waals surface area contributed by atoms with Crippen molar-refractivity contribution in [3.8, 4) is 0 Å². The van der Waals surface area contributed by atoms with Gasteiger partial charge in [0.25, 0.3) is 5.56 Å². The summed E-state index contributed by atoms with van der Waals surface area (Å²) in [7, 11) is 2.98. The lowest BCUT2D eigenvalue weighted by Gasteiger charge is -2.19. The minimum Gasteiger partial charge on any atom is -0.394 e. The largest absolute Gasteiger partial charge is 0.394 e. The fourth-order valence-corrected chi connectivity index (χ4v) is 3.03. The molecule has 23 heavy (non-hydrogen) atoms. The number of aliphatic hydroxyl groups excluding tert-OH is 2. The van der Waals surface area contributed by atoms with Gasteiger partial charge in [0.15, 0.2) is 11.2 Å². The molecule has 0 bridgehead atoms. The van der Waals surface area contributed by atoms with Gasteiger partial charge in [-0.2, -0.15) is 4.98 Å². The number of hydrogen-bond acceptors (Lipinski definition) is 6. The standard InChI is InChI=1S/C14H21N5O4/c1-16-11-10(12(22)17(2)14(16)23)19(7-9(21)8-20)13(15-11)18-5-3-4-6-18/h9,20-21H,3-8H2,1-2H3/t9-/m1/s1. The predicted octanol–water partition coefficient (Wildman–Crippen LogP) is -1.61. The Hall–Kier alpha value is -2.13. The summed E-state index contributed by atoms with van der Waals surface area (Å²) in [6, 6.07) is 0.